The first-order chi connectivity index (χ1) is 26.0. The highest BCUT2D eigenvalue weighted by Crippen LogP contribution is 2.39. The van der Waals surface area contributed by atoms with Crippen molar-refractivity contribution < 1.29 is 57.0 Å². The van der Waals surface area contributed by atoms with Crippen LogP contribution in [0.3, 0.4) is 0 Å². The molecule has 1 saturated heterocycles. The van der Waals surface area contributed by atoms with E-state index in [9.17, 15) is 9.59 Å². The Bertz CT molecular complexity index is 1220. The van der Waals surface area contributed by atoms with E-state index in [0.717, 1.165) is 12.0 Å². The molecule has 0 spiro atoms. The fraction of sp³-hybridized carbons (Fsp3) is 0.814. The van der Waals surface area contributed by atoms with Gasteiger partial charge in [-0.3, -0.25) is 9.59 Å². The number of ether oxygens (including phenoxy) is 10. The summed E-state index contributed by atoms with van der Waals surface area (Å²) in [5.41, 5.74) is -0.171. The van der Waals surface area contributed by atoms with E-state index >= 15 is 0 Å². The lowest BCUT2D eigenvalue weighted by molar-refractivity contribution is -0.230. The molecule has 0 aromatic rings. The van der Waals surface area contributed by atoms with Crippen LogP contribution < -0.4 is 0 Å². The number of cyclic esters (lactones) is 1. The number of hydrogen-bond donors (Lipinski definition) is 0. The number of carbonyl (C=O) groups is 2. The molecule has 0 aromatic heterocycles. The molecule has 0 bridgehead atoms. The van der Waals surface area contributed by atoms with Crippen LogP contribution in [0, 0.1) is 17.8 Å². The first-order valence-electron chi connectivity index (χ1n) is 20.4. The van der Waals surface area contributed by atoms with Crippen molar-refractivity contribution in [2.75, 3.05) is 26.9 Å². The van der Waals surface area contributed by atoms with E-state index in [1.54, 1.807) is 14.0 Å². The van der Waals surface area contributed by atoms with Gasteiger partial charge in [0.1, 0.15) is 23.9 Å². The van der Waals surface area contributed by atoms with Crippen LogP contribution in [-0.4, -0.2) is 106 Å². The van der Waals surface area contributed by atoms with Gasteiger partial charge in [-0.25, -0.2) is 0 Å². The zero-order valence-electron chi connectivity index (χ0n) is 36.2. The van der Waals surface area contributed by atoms with E-state index in [1.165, 1.54) is 6.92 Å². The predicted molar refractivity (Wildman–Crippen MR) is 211 cm³/mol. The second kappa shape index (κ2) is 24.6. The third kappa shape index (κ3) is 16.3. The second-order valence-corrected chi connectivity index (χ2v) is 15.0. The largest absolute Gasteiger partial charge is 0.457 e. The predicted octanol–water partition coefficient (Wildman–Crippen LogP) is 7.87. The van der Waals surface area contributed by atoms with Gasteiger partial charge in [0, 0.05) is 51.6 Å². The van der Waals surface area contributed by atoms with Gasteiger partial charge in [0.2, 0.25) is 0 Å². The van der Waals surface area contributed by atoms with Crippen molar-refractivity contribution in [1.82, 2.24) is 0 Å². The summed E-state index contributed by atoms with van der Waals surface area (Å²) in [6.07, 6.45) is 7.81. The lowest BCUT2D eigenvalue weighted by Gasteiger charge is -2.39. The number of carbonyl (C=O) groups excluding carboxylic acids is 2. The van der Waals surface area contributed by atoms with Crippen molar-refractivity contribution >= 4 is 11.9 Å². The van der Waals surface area contributed by atoms with Gasteiger partial charge in [0.25, 0.3) is 0 Å². The maximum atomic E-state index is 13.6. The maximum Gasteiger partial charge on any atom is 0.309 e. The van der Waals surface area contributed by atoms with Gasteiger partial charge in [-0.1, -0.05) is 52.0 Å². The fourth-order valence-corrected chi connectivity index (χ4v) is 7.41. The summed E-state index contributed by atoms with van der Waals surface area (Å²) in [4.78, 5) is 26.1. The van der Waals surface area contributed by atoms with E-state index in [-0.39, 0.29) is 48.6 Å². The number of esters is 2. The normalized spacial score (nSPS) is 31.2. The van der Waals surface area contributed by atoms with Crippen LogP contribution in [0.25, 0.3) is 0 Å². The number of epoxide rings is 1. The van der Waals surface area contributed by atoms with E-state index in [1.807, 2.05) is 79.7 Å². The van der Waals surface area contributed by atoms with Gasteiger partial charge in [-0.2, -0.15) is 0 Å². The van der Waals surface area contributed by atoms with Crippen molar-refractivity contribution in [2.45, 2.75) is 183 Å². The minimum absolute atomic E-state index is 0.000199. The molecule has 1 fully saturated rings. The molecule has 0 aliphatic carbocycles. The highest BCUT2D eigenvalue weighted by Gasteiger charge is 2.52. The van der Waals surface area contributed by atoms with Gasteiger partial charge < -0.3 is 47.4 Å². The Kier molecular flexibility index (Phi) is 21.9. The molecule has 318 valence electrons. The molecular formula is C43H74O12. The van der Waals surface area contributed by atoms with Crippen molar-refractivity contribution in [2.24, 2.45) is 17.8 Å². The Morgan fingerprint density at radius 3 is 2.18 bits per heavy atom. The lowest BCUT2D eigenvalue weighted by Crippen LogP contribution is -2.47. The van der Waals surface area contributed by atoms with Crippen LogP contribution >= 0.6 is 0 Å². The Morgan fingerprint density at radius 1 is 0.945 bits per heavy atom. The molecule has 0 amide bonds. The molecule has 0 N–H and O–H groups in total. The third-order valence-electron chi connectivity index (χ3n) is 10.4. The number of rotatable bonds is 22. The van der Waals surface area contributed by atoms with Gasteiger partial charge in [-0.15, -0.1) is 0 Å². The summed E-state index contributed by atoms with van der Waals surface area (Å²) in [6.45, 7) is 26.3. The molecule has 2 rings (SSSR count). The van der Waals surface area contributed by atoms with Crippen molar-refractivity contribution in [3.8, 4) is 0 Å². The Morgan fingerprint density at radius 2 is 1.58 bits per heavy atom. The Labute approximate surface area is 331 Å². The molecule has 12 heteroatoms. The van der Waals surface area contributed by atoms with Crippen LogP contribution in [0.5, 0.6) is 0 Å². The minimum Gasteiger partial charge on any atom is -0.457 e. The molecule has 0 saturated carbocycles. The van der Waals surface area contributed by atoms with Gasteiger partial charge in [-0.05, 0) is 86.3 Å². The zero-order valence-corrected chi connectivity index (χ0v) is 36.2. The SMILES string of the molecule is CCOC(C)OC1CCC(C)(OC(C)OCC)C(OC(C)=O)/C=C/C(C)C(/C(C)=C/C=C/C(C)C(OC(C)OCC)C2OC2C(C)C(CC)OC)OC(=O)C1. The molecule has 14 unspecified atom stereocenters. The number of allylic oxidation sites excluding steroid dienone is 2. The van der Waals surface area contributed by atoms with E-state index in [0.29, 0.717) is 32.7 Å². The summed E-state index contributed by atoms with van der Waals surface area (Å²) in [6, 6.07) is 0. The highest BCUT2D eigenvalue weighted by molar-refractivity contribution is 5.70. The minimum atomic E-state index is -1.00. The molecule has 2 heterocycles. The average Bonchev–Trinajstić information content (AvgIpc) is 3.91. The summed E-state index contributed by atoms with van der Waals surface area (Å²) in [5, 5.41) is 0. The zero-order chi connectivity index (χ0) is 41.3. The first kappa shape index (κ1) is 49.0. The van der Waals surface area contributed by atoms with Crippen molar-refractivity contribution in [3.63, 3.8) is 0 Å². The van der Waals surface area contributed by atoms with Crippen molar-refractivity contribution in [1.29, 1.82) is 0 Å². The fourth-order valence-electron chi connectivity index (χ4n) is 7.41. The summed E-state index contributed by atoms with van der Waals surface area (Å²) < 4.78 is 60.3. The molecule has 14 atom stereocenters. The van der Waals surface area contributed by atoms with Crippen LogP contribution in [0.15, 0.2) is 36.0 Å². The van der Waals surface area contributed by atoms with Crippen LogP contribution in [0.4, 0.5) is 0 Å². The average molecular weight is 783 g/mol. The molecule has 0 radical (unpaired) electrons. The maximum absolute atomic E-state index is 13.6. The summed E-state index contributed by atoms with van der Waals surface area (Å²) in [7, 11) is 1.74. The quantitative estimate of drug-likeness (QED) is 0.0349. The van der Waals surface area contributed by atoms with Gasteiger partial charge >= 0.3 is 11.9 Å². The standard InChI is InChI=1S/C43H74O12/c1-15-36(46-14)30(8)41-42(54-41)40(52-33(11)48-17-3)28(6)21-19-20-27(5)39-29(7)22-23-37(50-31(9)44)43(13,55-34(12)49-18-4)25-24-35(26-38(45)53-39)51-32(10)47-16-2/h19-23,28-30,32-37,39-42H,15-18,24-26H2,1-14H3/b21-19+,23-22+,27-20+. The number of methoxy groups -OCH3 is 1. The molecule has 2 aliphatic rings. The first-order valence-corrected chi connectivity index (χ1v) is 20.4. The number of hydrogen-bond acceptors (Lipinski definition) is 12. The Balaban J connectivity index is 2.46. The summed E-state index contributed by atoms with van der Waals surface area (Å²) >= 11 is 0. The van der Waals surface area contributed by atoms with Gasteiger partial charge in [0.05, 0.1) is 30.8 Å². The third-order valence-corrected chi connectivity index (χ3v) is 10.4. The molecule has 55 heavy (non-hydrogen) atoms. The van der Waals surface area contributed by atoms with E-state index < -0.39 is 54.7 Å². The molecule has 2 aliphatic heterocycles. The molecule has 0 aromatic carbocycles. The van der Waals surface area contributed by atoms with E-state index in [2.05, 4.69) is 26.8 Å². The topological polar surface area (TPSA) is 130 Å². The van der Waals surface area contributed by atoms with Crippen LogP contribution in [0.1, 0.15) is 116 Å². The lowest BCUT2D eigenvalue weighted by atomic mass is 9.88. The van der Waals surface area contributed by atoms with Crippen molar-refractivity contribution in [3.05, 3.63) is 36.0 Å². The van der Waals surface area contributed by atoms with Crippen LogP contribution in [0.2, 0.25) is 0 Å². The molecular weight excluding hydrogens is 708 g/mol. The van der Waals surface area contributed by atoms with Gasteiger partial charge in [0.15, 0.2) is 18.9 Å². The van der Waals surface area contributed by atoms with Crippen LogP contribution in [-0.2, 0) is 57.0 Å². The Hall–Kier alpha value is -2.16. The highest BCUT2D eigenvalue weighted by atomic mass is 16.7. The van der Waals surface area contributed by atoms with E-state index in [4.69, 9.17) is 47.4 Å². The smallest absolute Gasteiger partial charge is 0.309 e. The monoisotopic (exact) mass is 783 g/mol. The second-order valence-electron chi connectivity index (χ2n) is 15.0. The molecule has 12 nitrogen and oxygen atoms in total. The summed E-state index contributed by atoms with van der Waals surface area (Å²) in [5.74, 6) is -0.945.